The first-order chi connectivity index (χ1) is 16.2. The van der Waals surface area contributed by atoms with Gasteiger partial charge in [0.25, 0.3) is 11.8 Å². The second-order valence-corrected chi connectivity index (χ2v) is 9.67. The lowest BCUT2D eigenvalue weighted by atomic mass is 10.1. The van der Waals surface area contributed by atoms with E-state index >= 15 is 0 Å². The summed E-state index contributed by atoms with van der Waals surface area (Å²) in [6.07, 6.45) is 1.42. The zero-order valence-corrected chi connectivity index (χ0v) is 21.7. The topological polar surface area (TPSA) is 75.7 Å². The summed E-state index contributed by atoms with van der Waals surface area (Å²) in [6.45, 7) is 2.39. The van der Waals surface area contributed by atoms with Gasteiger partial charge in [-0.2, -0.15) is 0 Å². The molecule has 0 unspecified atom stereocenters. The van der Waals surface area contributed by atoms with Crippen LogP contribution in [0.4, 0.5) is 10.5 Å². The number of nitrogens with zero attached hydrogens (tertiary/aromatic N) is 1. The molecule has 4 amide bonds. The van der Waals surface area contributed by atoms with Gasteiger partial charge < -0.3 is 4.74 Å². The van der Waals surface area contributed by atoms with E-state index in [0.29, 0.717) is 37.6 Å². The lowest BCUT2D eigenvalue weighted by molar-refractivity contribution is -0.122. The Balaban J connectivity index is 1.60. The van der Waals surface area contributed by atoms with Crippen LogP contribution in [0, 0.1) is 6.92 Å². The van der Waals surface area contributed by atoms with Crippen LogP contribution in [0.3, 0.4) is 0 Å². The fourth-order valence-electron chi connectivity index (χ4n) is 3.29. The Morgan fingerprint density at radius 1 is 0.971 bits per heavy atom. The van der Waals surface area contributed by atoms with Crippen molar-refractivity contribution < 1.29 is 19.1 Å². The van der Waals surface area contributed by atoms with Crippen molar-refractivity contribution in [3.05, 3.63) is 96.9 Å². The standard InChI is InChI=1S/C25H17Br2ClN2O4/c1-14-2-4-15(5-3-14)13-34-22-20(26)11-16(12-21(22)27)10-19-23(31)29-25(33)30(24(19)32)18-8-6-17(28)7-9-18/h2-12H,13H2,1H3,(H,29,31,33)/b19-10+. The maximum atomic E-state index is 13.1. The number of rotatable bonds is 5. The average Bonchev–Trinajstić information content (AvgIpc) is 2.78. The fourth-order valence-corrected chi connectivity index (χ4v) is 4.87. The van der Waals surface area contributed by atoms with Crippen LogP contribution in [0.1, 0.15) is 16.7 Å². The highest BCUT2D eigenvalue weighted by molar-refractivity contribution is 9.11. The first-order valence-corrected chi connectivity index (χ1v) is 12.0. The molecule has 0 aromatic heterocycles. The minimum atomic E-state index is -0.823. The van der Waals surface area contributed by atoms with Crippen molar-refractivity contribution in [2.75, 3.05) is 4.90 Å². The number of hydrogen-bond donors (Lipinski definition) is 1. The van der Waals surface area contributed by atoms with E-state index in [1.54, 1.807) is 24.3 Å². The number of barbiturate groups is 1. The van der Waals surface area contributed by atoms with Gasteiger partial charge in [-0.25, -0.2) is 9.69 Å². The van der Waals surface area contributed by atoms with E-state index in [-0.39, 0.29) is 5.57 Å². The molecular weight excluding hydrogens is 588 g/mol. The number of amides is 4. The van der Waals surface area contributed by atoms with Crippen LogP contribution < -0.4 is 15.0 Å². The molecule has 4 rings (SSSR count). The van der Waals surface area contributed by atoms with Crippen molar-refractivity contribution in [3.63, 3.8) is 0 Å². The summed E-state index contributed by atoms with van der Waals surface area (Å²) in [5, 5.41) is 2.66. The second-order valence-electron chi connectivity index (χ2n) is 7.52. The zero-order chi connectivity index (χ0) is 24.4. The van der Waals surface area contributed by atoms with E-state index in [9.17, 15) is 14.4 Å². The van der Waals surface area contributed by atoms with Gasteiger partial charge in [0.05, 0.1) is 14.6 Å². The van der Waals surface area contributed by atoms with Crippen molar-refractivity contribution in [3.8, 4) is 5.75 Å². The minimum absolute atomic E-state index is 0.179. The number of carbonyl (C=O) groups excluding carboxylic acids is 3. The molecule has 0 atom stereocenters. The molecule has 0 aliphatic carbocycles. The molecule has 6 nitrogen and oxygen atoms in total. The van der Waals surface area contributed by atoms with Gasteiger partial charge in [-0.05, 0) is 92.4 Å². The highest BCUT2D eigenvalue weighted by Crippen LogP contribution is 2.36. The van der Waals surface area contributed by atoms with Gasteiger partial charge in [0.2, 0.25) is 0 Å². The van der Waals surface area contributed by atoms with E-state index in [4.69, 9.17) is 16.3 Å². The molecule has 172 valence electrons. The molecular formula is C25H17Br2ClN2O4. The first kappa shape index (κ1) is 24.2. The molecule has 0 saturated carbocycles. The fraction of sp³-hybridized carbons (Fsp3) is 0.0800. The van der Waals surface area contributed by atoms with Crippen molar-refractivity contribution in [1.29, 1.82) is 0 Å². The highest BCUT2D eigenvalue weighted by Gasteiger charge is 2.36. The summed E-state index contributed by atoms with van der Waals surface area (Å²) in [5.74, 6) is -0.921. The summed E-state index contributed by atoms with van der Waals surface area (Å²) >= 11 is 12.9. The Hall–Kier alpha value is -2.94. The number of halogens is 3. The third-order valence-corrected chi connectivity index (χ3v) is 6.45. The number of urea groups is 1. The monoisotopic (exact) mass is 602 g/mol. The molecule has 9 heteroatoms. The largest absolute Gasteiger partial charge is 0.487 e. The number of hydrogen-bond acceptors (Lipinski definition) is 4. The van der Waals surface area contributed by atoms with Gasteiger partial charge in [-0.15, -0.1) is 0 Å². The molecule has 1 fully saturated rings. The van der Waals surface area contributed by atoms with Crippen LogP contribution in [0.15, 0.2) is 75.2 Å². The number of anilines is 1. The van der Waals surface area contributed by atoms with Crippen LogP contribution in [0.2, 0.25) is 5.02 Å². The Bertz CT molecular complexity index is 1300. The van der Waals surface area contributed by atoms with Crippen LogP contribution in [0.5, 0.6) is 5.75 Å². The van der Waals surface area contributed by atoms with E-state index in [0.717, 1.165) is 10.5 Å². The predicted molar refractivity (Wildman–Crippen MR) is 138 cm³/mol. The minimum Gasteiger partial charge on any atom is -0.487 e. The summed E-state index contributed by atoms with van der Waals surface area (Å²) in [4.78, 5) is 38.7. The van der Waals surface area contributed by atoms with Crippen molar-refractivity contribution in [2.45, 2.75) is 13.5 Å². The van der Waals surface area contributed by atoms with Gasteiger partial charge in [0.1, 0.15) is 17.9 Å². The summed E-state index contributed by atoms with van der Waals surface area (Å²) in [5.41, 5.74) is 2.87. The lowest BCUT2D eigenvalue weighted by Crippen LogP contribution is -2.54. The highest BCUT2D eigenvalue weighted by atomic mass is 79.9. The van der Waals surface area contributed by atoms with E-state index < -0.39 is 17.8 Å². The first-order valence-electron chi connectivity index (χ1n) is 10.1. The van der Waals surface area contributed by atoms with Crippen LogP contribution in [0.25, 0.3) is 6.08 Å². The number of carbonyl (C=O) groups is 3. The zero-order valence-electron chi connectivity index (χ0n) is 17.8. The maximum absolute atomic E-state index is 13.1. The van der Waals surface area contributed by atoms with E-state index in [2.05, 4.69) is 37.2 Å². The number of aryl methyl sites for hydroxylation is 1. The molecule has 34 heavy (non-hydrogen) atoms. The molecule has 0 bridgehead atoms. The SMILES string of the molecule is Cc1ccc(COc2c(Br)cc(/C=C3\C(=O)NC(=O)N(c4ccc(Cl)cc4)C3=O)cc2Br)cc1. The summed E-state index contributed by atoms with van der Waals surface area (Å²) < 4.78 is 7.22. The van der Waals surface area contributed by atoms with Crippen molar-refractivity contribution in [1.82, 2.24) is 5.32 Å². The average molecular weight is 605 g/mol. The molecule has 1 N–H and O–H groups in total. The van der Waals surface area contributed by atoms with Gasteiger partial charge in [-0.1, -0.05) is 41.4 Å². The van der Waals surface area contributed by atoms with Gasteiger partial charge in [-0.3, -0.25) is 14.9 Å². The Morgan fingerprint density at radius 3 is 2.21 bits per heavy atom. The molecule has 1 aliphatic rings. The molecule has 3 aromatic rings. The normalized spacial score (nSPS) is 15.0. The van der Waals surface area contributed by atoms with Crippen LogP contribution in [-0.2, 0) is 16.2 Å². The Labute approximate surface area is 217 Å². The van der Waals surface area contributed by atoms with E-state index in [1.807, 2.05) is 31.2 Å². The molecule has 1 saturated heterocycles. The van der Waals surface area contributed by atoms with Crippen LogP contribution in [-0.4, -0.2) is 17.8 Å². The molecule has 3 aromatic carbocycles. The number of nitrogens with one attached hydrogen (secondary N) is 1. The molecule has 1 heterocycles. The smallest absolute Gasteiger partial charge is 0.335 e. The predicted octanol–water partition coefficient (Wildman–Crippen LogP) is 6.42. The quantitative estimate of drug-likeness (QED) is 0.270. The lowest BCUT2D eigenvalue weighted by Gasteiger charge is -2.26. The molecule has 0 radical (unpaired) electrons. The Morgan fingerprint density at radius 2 is 1.59 bits per heavy atom. The summed E-state index contributed by atoms with van der Waals surface area (Å²) in [7, 11) is 0. The third kappa shape index (κ3) is 5.24. The van der Waals surface area contributed by atoms with Gasteiger partial charge in [0.15, 0.2) is 0 Å². The van der Waals surface area contributed by atoms with Gasteiger partial charge >= 0.3 is 6.03 Å². The second kappa shape index (κ2) is 10.1. The maximum Gasteiger partial charge on any atom is 0.335 e. The molecule has 1 aliphatic heterocycles. The van der Waals surface area contributed by atoms with Crippen molar-refractivity contribution >= 4 is 73.1 Å². The number of imide groups is 2. The number of benzene rings is 3. The van der Waals surface area contributed by atoms with E-state index in [1.165, 1.54) is 23.8 Å². The molecule has 0 spiro atoms. The third-order valence-electron chi connectivity index (χ3n) is 5.02. The van der Waals surface area contributed by atoms with Crippen molar-refractivity contribution in [2.24, 2.45) is 0 Å². The summed E-state index contributed by atoms with van der Waals surface area (Å²) in [6, 6.07) is 16.8. The number of ether oxygens (including phenoxy) is 1. The van der Waals surface area contributed by atoms with Gasteiger partial charge in [0, 0.05) is 5.02 Å². The Kier molecular flexibility index (Phi) is 7.21. The van der Waals surface area contributed by atoms with Crippen LogP contribution >= 0.6 is 43.5 Å².